The summed E-state index contributed by atoms with van der Waals surface area (Å²) < 4.78 is 51.0. The Balaban J connectivity index is 1.49. The fourth-order valence-electron chi connectivity index (χ4n) is 2.76. The summed E-state index contributed by atoms with van der Waals surface area (Å²) >= 11 is 0. The van der Waals surface area contributed by atoms with Gasteiger partial charge in [-0.05, 0) is 48.4 Å². The van der Waals surface area contributed by atoms with Gasteiger partial charge in [0, 0.05) is 18.8 Å². The zero-order valence-corrected chi connectivity index (χ0v) is 17.1. The van der Waals surface area contributed by atoms with Crippen LogP contribution in [0, 0.1) is 0 Å². The van der Waals surface area contributed by atoms with Crippen molar-refractivity contribution in [2.75, 3.05) is 6.61 Å². The average molecular weight is 464 g/mol. The summed E-state index contributed by atoms with van der Waals surface area (Å²) in [5.74, 6) is -1.12. The van der Waals surface area contributed by atoms with Crippen LogP contribution in [-0.2, 0) is 24.2 Å². The van der Waals surface area contributed by atoms with Crippen LogP contribution in [0.3, 0.4) is 0 Å². The maximum atomic E-state index is 12.2. The van der Waals surface area contributed by atoms with Gasteiger partial charge in [0.05, 0.1) is 6.54 Å². The number of nitrogens with zero attached hydrogens (tertiary/aromatic N) is 2. The fraction of sp³-hybridized carbons (Fsp3) is 0.238. The van der Waals surface area contributed by atoms with Crippen molar-refractivity contribution in [1.29, 1.82) is 0 Å². The molecule has 0 saturated carbocycles. The minimum atomic E-state index is -4.80. The second kappa shape index (κ2) is 10.5. The molecule has 3 N–H and O–H groups in total. The number of hydrogen-bond acceptors (Lipinski definition) is 7. The first-order chi connectivity index (χ1) is 15.7. The number of nitrogens with two attached hydrogens (primary N) is 1. The van der Waals surface area contributed by atoms with Crippen molar-refractivity contribution < 1.29 is 36.7 Å². The Morgan fingerprint density at radius 2 is 1.70 bits per heavy atom. The number of rotatable bonds is 10. The number of hydrogen-bond donors (Lipinski definition) is 2. The van der Waals surface area contributed by atoms with Gasteiger partial charge in [0.1, 0.15) is 17.3 Å². The lowest BCUT2D eigenvalue weighted by atomic mass is 10.1. The molecule has 0 unspecified atom stereocenters. The van der Waals surface area contributed by atoms with Crippen LogP contribution in [-0.4, -0.2) is 34.8 Å². The maximum Gasteiger partial charge on any atom is 0.573 e. The summed E-state index contributed by atoms with van der Waals surface area (Å²) in [4.78, 5) is 31.6. The topological polar surface area (TPSA) is 130 Å². The van der Waals surface area contributed by atoms with Crippen molar-refractivity contribution in [2.24, 2.45) is 5.73 Å². The number of nitrogens with one attached hydrogen (secondary N) is 1. The molecule has 0 aliphatic rings. The van der Waals surface area contributed by atoms with Gasteiger partial charge < -0.3 is 24.9 Å². The summed E-state index contributed by atoms with van der Waals surface area (Å²) in [5, 5.41) is 2.51. The zero-order chi connectivity index (χ0) is 23.8. The monoisotopic (exact) mass is 464 g/mol. The highest BCUT2D eigenvalue weighted by Crippen LogP contribution is 2.24. The Bertz CT molecular complexity index is 1090. The van der Waals surface area contributed by atoms with E-state index in [2.05, 4.69) is 20.0 Å². The molecule has 0 fully saturated rings. The minimum Gasteiger partial charge on any atom is -0.484 e. The normalized spacial score (nSPS) is 11.1. The fourth-order valence-corrected chi connectivity index (χ4v) is 2.76. The van der Waals surface area contributed by atoms with E-state index < -0.39 is 30.5 Å². The highest BCUT2D eigenvalue weighted by molar-refractivity contribution is 5.91. The number of primary amides is 1. The Morgan fingerprint density at radius 3 is 2.33 bits per heavy atom. The number of ether oxygens (including phenoxy) is 2. The van der Waals surface area contributed by atoms with Gasteiger partial charge in [-0.1, -0.05) is 0 Å². The van der Waals surface area contributed by atoms with E-state index in [4.69, 9.17) is 14.9 Å². The molecule has 174 valence electrons. The summed E-state index contributed by atoms with van der Waals surface area (Å²) in [6, 6.07) is 8.25. The zero-order valence-electron chi connectivity index (χ0n) is 17.1. The number of aryl methyl sites for hydroxylation is 2. The molecule has 0 atom stereocenters. The first-order valence-corrected chi connectivity index (χ1v) is 9.62. The van der Waals surface area contributed by atoms with Crippen LogP contribution in [0.25, 0.3) is 0 Å². The highest BCUT2D eigenvalue weighted by Gasteiger charge is 2.31. The lowest BCUT2D eigenvalue weighted by Gasteiger charge is -2.10. The van der Waals surface area contributed by atoms with Crippen molar-refractivity contribution in [3.63, 3.8) is 0 Å². The Hall–Kier alpha value is -4.09. The largest absolute Gasteiger partial charge is 0.573 e. The van der Waals surface area contributed by atoms with Gasteiger partial charge in [0.15, 0.2) is 12.3 Å². The molecule has 2 heterocycles. The smallest absolute Gasteiger partial charge is 0.484 e. The lowest BCUT2D eigenvalue weighted by Crippen LogP contribution is -2.28. The van der Waals surface area contributed by atoms with E-state index >= 15 is 0 Å². The molecule has 0 radical (unpaired) electrons. The van der Waals surface area contributed by atoms with Gasteiger partial charge >= 0.3 is 6.36 Å². The number of pyridine rings is 1. The molecule has 33 heavy (non-hydrogen) atoms. The number of halogens is 3. The predicted molar refractivity (Wildman–Crippen MR) is 107 cm³/mol. The third-order valence-electron chi connectivity index (χ3n) is 4.23. The summed E-state index contributed by atoms with van der Waals surface area (Å²) in [6.07, 6.45) is -0.545. The van der Waals surface area contributed by atoms with Crippen LogP contribution >= 0.6 is 0 Å². The summed E-state index contributed by atoms with van der Waals surface area (Å²) in [5.41, 5.74) is 6.34. The molecule has 0 aliphatic heterocycles. The Morgan fingerprint density at radius 1 is 1.03 bits per heavy atom. The van der Waals surface area contributed by atoms with E-state index in [1.54, 1.807) is 12.4 Å². The molecule has 1 aromatic carbocycles. The number of carbonyl (C=O) groups excluding carboxylic acids is 2. The molecule has 0 aliphatic carbocycles. The molecular formula is C21H19F3N4O5. The van der Waals surface area contributed by atoms with Crippen LogP contribution in [0.1, 0.15) is 27.7 Å². The van der Waals surface area contributed by atoms with Crippen molar-refractivity contribution in [3.8, 4) is 11.5 Å². The Kier molecular flexibility index (Phi) is 7.49. The number of oxazole rings is 1. The Labute approximate surface area is 185 Å². The van der Waals surface area contributed by atoms with E-state index in [9.17, 15) is 22.8 Å². The molecule has 0 bridgehead atoms. The van der Waals surface area contributed by atoms with Crippen LogP contribution < -0.4 is 20.5 Å². The van der Waals surface area contributed by atoms with Gasteiger partial charge in [0.25, 0.3) is 11.8 Å². The second-order valence-corrected chi connectivity index (χ2v) is 6.68. The predicted octanol–water partition coefficient (Wildman–Crippen LogP) is 2.55. The van der Waals surface area contributed by atoms with E-state index in [0.29, 0.717) is 18.6 Å². The van der Waals surface area contributed by atoms with Crippen LogP contribution in [0.5, 0.6) is 11.5 Å². The first kappa shape index (κ1) is 23.6. The van der Waals surface area contributed by atoms with Gasteiger partial charge in [0.2, 0.25) is 5.89 Å². The molecule has 3 rings (SSSR count). The van der Waals surface area contributed by atoms with E-state index in [1.807, 2.05) is 12.1 Å². The molecule has 2 aromatic heterocycles. The van der Waals surface area contributed by atoms with Crippen molar-refractivity contribution in [3.05, 3.63) is 71.7 Å². The molecule has 12 heteroatoms. The third-order valence-corrected chi connectivity index (χ3v) is 4.23. The highest BCUT2D eigenvalue weighted by atomic mass is 19.4. The van der Waals surface area contributed by atoms with E-state index in [1.165, 1.54) is 12.1 Å². The van der Waals surface area contributed by atoms with Crippen molar-refractivity contribution in [1.82, 2.24) is 15.3 Å². The summed E-state index contributed by atoms with van der Waals surface area (Å²) in [7, 11) is 0. The lowest BCUT2D eigenvalue weighted by molar-refractivity contribution is -0.274. The van der Waals surface area contributed by atoms with Gasteiger partial charge in [-0.3, -0.25) is 14.6 Å². The van der Waals surface area contributed by atoms with Gasteiger partial charge in [-0.15, -0.1) is 13.2 Å². The number of aromatic nitrogens is 2. The molecule has 3 aromatic rings. The number of alkyl halides is 3. The van der Waals surface area contributed by atoms with Crippen LogP contribution in [0.4, 0.5) is 13.2 Å². The first-order valence-electron chi connectivity index (χ1n) is 9.62. The van der Waals surface area contributed by atoms with Crippen molar-refractivity contribution in [2.45, 2.75) is 25.7 Å². The van der Waals surface area contributed by atoms with Gasteiger partial charge in [-0.25, -0.2) is 4.98 Å². The summed E-state index contributed by atoms with van der Waals surface area (Å²) in [6.45, 7) is -0.520. The molecular weight excluding hydrogens is 445 g/mol. The molecule has 2 amide bonds. The minimum absolute atomic E-state index is 0.00859. The van der Waals surface area contributed by atoms with Crippen molar-refractivity contribution >= 4 is 11.8 Å². The molecule has 0 saturated heterocycles. The quantitative estimate of drug-likeness (QED) is 0.472. The SMILES string of the molecule is NC(=O)c1nc(CNC(=O)COc2ccc(OC(F)(F)F)cc2)oc1CCc1ccncc1. The van der Waals surface area contributed by atoms with Crippen LogP contribution in [0.2, 0.25) is 0 Å². The van der Waals surface area contributed by atoms with Gasteiger partial charge in [-0.2, -0.15) is 0 Å². The van der Waals surface area contributed by atoms with E-state index in [0.717, 1.165) is 17.7 Å². The average Bonchev–Trinajstić information content (AvgIpc) is 3.19. The molecule has 9 nitrogen and oxygen atoms in total. The van der Waals surface area contributed by atoms with E-state index in [-0.39, 0.29) is 23.9 Å². The number of benzene rings is 1. The second-order valence-electron chi connectivity index (χ2n) is 6.68. The number of carbonyl (C=O) groups is 2. The standard InChI is InChI=1S/C21H19F3N4O5/c22-21(23,24)33-15-4-2-14(3-5-15)31-12-17(29)27-11-18-28-19(20(25)30)16(32-18)6-1-13-7-9-26-10-8-13/h2-5,7-10H,1,6,11-12H2,(H2,25,30)(H,27,29). The maximum absolute atomic E-state index is 12.2. The molecule has 0 spiro atoms. The van der Waals surface area contributed by atoms with Crippen LogP contribution in [0.15, 0.2) is 53.2 Å². The third kappa shape index (κ3) is 7.52. The number of amides is 2.